The number of ether oxygens (including phenoxy) is 1. The highest BCUT2D eigenvalue weighted by molar-refractivity contribution is 7.99. The molecule has 4 unspecified atom stereocenters. The summed E-state index contributed by atoms with van der Waals surface area (Å²) in [5, 5.41) is 17.1. The van der Waals surface area contributed by atoms with E-state index < -0.39 is 23.7 Å². The van der Waals surface area contributed by atoms with Gasteiger partial charge in [0.1, 0.15) is 5.44 Å². The molecule has 0 bridgehead atoms. The van der Waals surface area contributed by atoms with Gasteiger partial charge in [-0.1, -0.05) is 40.2 Å². The molecule has 1 fully saturated rings. The smallest absolute Gasteiger partial charge is 0.116 e. The second-order valence-corrected chi connectivity index (χ2v) is 5.63. The van der Waals surface area contributed by atoms with Gasteiger partial charge in [-0.3, -0.25) is 0 Å². The van der Waals surface area contributed by atoms with E-state index in [1.165, 1.54) is 11.8 Å². The maximum absolute atomic E-state index is 9.98. The van der Waals surface area contributed by atoms with Gasteiger partial charge in [-0.15, -0.1) is 0 Å². The van der Waals surface area contributed by atoms with Crippen molar-refractivity contribution in [2.24, 2.45) is 10.2 Å². The fourth-order valence-electron chi connectivity index (χ4n) is 2.05. The minimum atomic E-state index is -0.821. The summed E-state index contributed by atoms with van der Waals surface area (Å²) >= 11 is 1.42. The summed E-state index contributed by atoms with van der Waals surface area (Å²) < 4.78 is 5.75. The first-order valence-corrected chi connectivity index (χ1v) is 7.23. The van der Waals surface area contributed by atoms with Crippen LogP contribution in [-0.2, 0) is 4.74 Å². The van der Waals surface area contributed by atoms with Gasteiger partial charge in [0.15, 0.2) is 0 Å². The molecule has 1 heterocycles. The van der Waals surface area contributed by atoms with E-state index in [1.54, 1.807) is 0 Å². The second kappa shape index (κ2) is 7.78. The Bertz CT molecular complexity index is 558. The molecule has 0 aliphatic carbocycles. The molecular formula is C12H14N6O2S. The summed E-state index contributed by atoms with van der Waals surface area (Å²) in [6, 6.07) is 9.09. The van der Waals surface area contributed by atoms with Crippen molar-refractivity contribution in [1.82, 2.24) is 0 Å². The van der Waals surface area contributed by atoms with Crippen LogP contribution in [0.4, 0.5) is 0 Å². The molecule has 1 N–H and O–H groups in total. The topological polar surface area (TPSA) is 127 Å². The zero-order chi connectivity index (χ0) is 15.1. The van der Waals surface area contributed by atoms with Crippen LogP contribution < -0.4 is 0 Å². The molecule has 1 aromatic carbocycles. The third kappa shape index (κ3) is 4.29. The fourth-order valence-corrected chi connectivity index (χ4v) is 3.16. The zero-order valence-electron chi connectivity index (χ0n) is 11.1. The van der Waals surface area contributed by atoms with E-state index in [1.807, 2.05) is 30.3 Å². The summed E-state index contributed by atoms with van der Waals surface area (Å²) in [5.74, 6) is 0. The molecule has 1 aliphatic heterocycles. The number of aliphatic hydroxyl groups is 1. The highest BCUT2D eigenvalue weighted by atomic mass is 32.2. The van der Waals surface area contributed by atoms with E-state index in [9.17, 15) is 5.11 Å². The number of rotatable bonds is 5. The largest absolute Gasteiger partial charge is 0.390 e. The summed E-state index contributed by atoms with van der Waals surface area (Å²) in [6.07, 6.45) is -1.13. The predicted molar refractivity (Wildman–Crippen MR) is 78.5 cm³/mol. The molecule has 1 saturated heterocycles. The molecule has 1 aromatic rings. The monoisotopic (exact) mass is 306 g/mol. The number of azide groups is 2. The Labute approximate surface area is 125 Å². The molecule has 0 spiro atoms. The van der Waals surface area contributed by atoms with Crippen LogP contribution in [0.1, 0.15) is 6.42 Å². The average Bonchev–Trinajstić information content (AvgIpc) is 2.50. The summed E-state index contributed by atoms with van der Waals surface area (Å²) in [7, 11) is 0. The molecular weight excluding hydrogens is 292 g/mol. The van der Waals surface area contributed by atoms with E-state index in [0.717, 1.165) is 4.90 Å². The minimum Gasteiger partial charge on any atom is -0.390 e. The van der Waals surface area contributed by atoms with Crippen molar-refractivity contribution in [2.45, 2.75) is 35.0 Å². The van der Waals surface area contributed by atoms with E-state index >= 15 is 0 Å². The van der Waals surface area contributed by atoms with Crippen LogP contribution in [0.5, 0.6) is 0 Å². The first kappa shape index (κ1) is 15.5. The third-order valence-electron chi connectivity index (χ3n) is 3.06. The molecule has 9 heteroatoms. The Hall–Kier alpha value is -1.89. The number of hydrogen-bond acceptors (Lipinski definition) is 5. The Morgan fingerprint density at radius 1 is 1.29 bits per heavy atom. The predicted octanol–water partition coefficient (Wildman–Crippen LogP) is 3.24. The van der Waals surface area contributed by atoms with Crippen molar-refractivity contribution in [3.8, 4) is 0 Å². The van der Waals surface area contributed by atoms with Gasteiger partial charge in [0.2, 0.25) is 0 Å². The quantitative estimate of drug-likeness (QED) is 0.509. The molecule has 0 amide bonds. The van der Waals surface area contributed by atoms with Gasteiger partial charge in [0, 0.05) is 14.7 Å². The van der Waals surface area contributed by atoms with Gasteiger partial charge in [-0.2, -0.15) is 0 Å². The maximum Gasteiger partial charge on any atom is 0.116 e. The van der Waals surface area contributed by atoms with Crippen LogP contribution in [0.25, 0.3) is 20.9 Å². The van der Waals surface area contributed by atoms with Crippen molar-refractivity contribution < 1.29 is 9.84 Å². The van der Waals surface area contributed by atoms with Gasteiger partial charge in [0.25, 0.3) is 0 Å². The first-order valence-electron chi connectivity index (χ1n) is 6.35. The highest BCUT2D eigenvalue weighted by Gasteiger charge is 2.36. The van der Waals surface area contributed by atoms with Gasteiger partial charge < -0.3 is 9.84 Å². The van der Waals surface area contributed by atoms with Crippen molar-refractivity contribution in [3.63, 3.8) is 0 Å². The SMILES string of the molecule is [N-]=[N+]=NCC1OC(Sc2ccccc2)C(N=[N+]=[N-])CC1O. The summed E-state index contributed by atoms with van der Waals surface area (Å²) in [6.45, 7) is 0.0481. The van der Waals surface area contributed by atoms with Gasteiger partial charge in [-0.05, 0) is 29.6 Å². The standard InChI is InChI=1S/C12H14N6O2S/c13-17-15-7-11-10(19)6-9(16-18-14)12(20-11)21-8-4-2-1-3-5-8/h1-5,9-12,19H,6-7H2. The van der Waals surface area contributed by atoms with Crippen molar-refractivity contribution >= 4 is 11.8 Å². The molecule has 110 valence electrons. The Morgan fingerprint density at radius 3 is 2.71 bits per heavy atom. The number of aliphatic hydroxyl groups excluding tert-OH is 1. The van der Waals surface area contributed by atoms with Crippen LogP contribution in [0.2, 0.25) is 0 Å². The highest BCUT2D eigenvalue weighted by Crippen LogP contribution is 2.34. The third-order valence-corrected chi connectivity index (χ3v) is 4.26. The van der Waals surface area contributed by atoms with Crippen molar-refractivity contribution in [2.75, 3.05) is 6.54 Å². The zero-order valence-corrected chi connectivity index (χ0v) is 11.9. The fraction of sp³-hybridized carbons (Fsp3) is 0.500. The molecule has 1 aliphatic rings. The number of thioether (sulfide) groups is 1. The summed E-state index contributed by atoms with van der Waals surface area (Å²) in [4.78, 5) is 6.46. The molecule has 4 atom stereocenters. The molecule has 8 nitrogen and oxygen atoms in total. The molecule has 0 radical (unpaired) electrons. The lowest BCUT2D eigenvalue weighted by molar-refractivity contribution is -0.0892. The number of hydrogen-bond donors (Lipinski definition) is 1. The minimum absolute atomic E-state index is 0.0481. The molecule has 2 rings (SSSR count). The summed E-state index contributed by atoms with van der Waals surface area (Å²) in [5.41, 5.74) is 16.6. The maximum atomic E-state index is 9.98. The lowest BCUT2D eigenvalue weighted by Gasteiger charge is -2.36. The van der Waals surface area contributed by atoms with Crippen LogP contribution >= 0.6 is 11.8 Å². The normalized spacial score (nSPS) is 28.2. The lowest BCUT2D eigenvalue weighted by Crippen LogP contribution is -2.46. The first-order chi connectivity index (χ1) is 10.2. The van der Waals surface area contributed by atoms with Crippen LogP contribution in [0.15, 0.2) is 45.5 Å². The van der Waals surface area contributed by atoms with Crippen LogP contribution in [-0.4, -0.2) is 35.3 Å². The number of nitrogens with zero attached hydrogens (tertiary/aromatic N) is 6. The van der Waals surface area contributed by atoms with Gasteiger partial charge in [-0.25, -0.2) is 0 Å². The molecule has 0 saturated carbocycles. The van der Waals surface area contributed by atoms with Gasteiger partial charge in [0.05, 0.1) is 24.8 Å². The van der Waals surface area contributed by atoms with Crippen molar-refractivity contribution in [3.05, 3.63) is 51.2 Å². The van der Waals surface area contributed by atoms with Gasteiger partial charge >= 0.3 is 0 Å². The Kier molecular flexibility index (Phi) is 5.74. The van der Waals surface area contributed by atoms with E-state index in [2.05, 4.69) is 20.1 Å². The average molecular weight is 306 g/mol. The Morgan fingerprint density at radius 2 is 2.05 bits per heavy atom. The number of benzene rings is 1. The van der Waals surface area contributed by atoms with Crippen LogP contribution in [0.3, 0.4) is 0 Å². The molecule has 21 heavy (non-hydrogen) atoms. The molecule has 0 aromatic heterocycles. The van der Waals surface area contributed by atoms with E-state index in [-0.39, 0.29) is 13.0 Å². The lowest BCUT2D eigenvalue weighted by atomic mass is 10.0. The second-order valence-electron chi connectivity index (χ2n) is 4.46. The van der Waals surface area contributed by atoms with Crippen molar-refractivity contribution in [1.29, 1.82) is 0 Å². The Balaban J connectivity index is 2.12. The van der Waals surface area contributed by atoms with Crippen LogP contribution in [0, 0.1) is 0 Å². The van der Waals surface area contributed by atoms with E-state index in [4.69, 9.17) is 15.8 Å². The van der Waals surface area contributed by atoms with E-state index in [0.29, 0.717) is 0 Å².